The maximum atomic E-state index is 10.7. The number of hydrogen-bond acceptors (Lipinski definition) is 2. The first kappa shape index (κ1) is 13.7. The number of ether oxygens (including phenoxy) is 1. The molecular formula is C16H14Cl2O2. The second kappa shape index (κ2) is 5.65. The highest BCUT2D eigenvalue weighted by Crippen LogP contribution is 2.43. The molecule has 1 aliphatic rings. The van der Waals surface area contributed by atoms with Gasteiger partial charge in [0, 0.05) is 27.1 Å². The highest BCUT2D eigenvalue weighted by atomic mass is 35.5. The fourth-order valence-electron chi connectivity index (χ4n) is 2.66. The monoisotopic (exact) mass is 308 g/mol. The molecule has 0 aromatic heterocycles. The van der Waals surface area contributed by atoms with Crippen LogP contribution in [0.5, 0.6) is 5.75 Å². The maximum Gasteiger partial charge on any atom is 0.122 e. The van der Waals surface area contributed by atoms with Crippen LogP contribution in [0.3, 0.4) is 0 Å². The van der Waals surface area contributed by atoms with Gasteiger partial charge in [0.05, 0.1) is 12.7 Å². The minimum Gasteiger partial charge on any atom is -0.493 e. The largest absolute Gasteiger partial charge is 0.493 e. The Labute approximate surface area is 127 Å². The number of halogens is 2. The van der Waals surface area contributed by atoms with Crippen molar-refractivity contribution in [2.24, 2.45) is 0 Å². The van der Waals surface area contributed by atoms with Crippen molar-refractivity contribution < 1.29 is 9.84 Å². The van der Waals surface area contributed by atoms with Crippen LogP contribution in [0.1, 0.15) is 29.6 Å². The molecule has 0 saturated carbocycles. The predicted molar refractivity (Wildman–Crippen MR) is 80.7 cm³/mol. The highest BCUT2D eigenvalue weighted by Gasteiger charge is 2.29. The van der Waals surface area contributed by atoms with E-state index in [1.54, 1.807) is 18.2 Å². The number of benzene rings is 2. The normalized spacial score (nSPS) is 19.1. The molecule has 20 heavy (non-hydrogen) atoms. The van der Waals surface area contributed by atoms with Gasteiger partial charge in [0.25, 0.3) is 0 Å². The standard InChI is InChI=1S/C16H14Cl2O2/c17-10-5-6-14(18)13(9-10)16(19)12-7-8-20-15-4-2-1-3-11(12)15/h1-6,9,12,16,19H,7-8H2. The molecule has 0 fully saturated rings. The molecule has 2 unspecified atom stereocenters. The molecule has 2 nitrogen and oxygen atoms in total. The van der Waals surface area contributed by atoms with Gasteiger partial charge in [0.15, 0.2) is 0 Å². The molecule has 0 spiro atoms. The lowest BCUT2D eigenvalue weighted by Gasteiger charge is -2.30. The van der Waals surface area contributed by atoms with Crippen molar-refractivity contribution in [3.8, 4) is 5.75 Å². The molecule has 104 valence electrons. The SMILES string of the molecule is OC(c1cc(Cl)ccc1Cl)C1CCOc2ccccc21. The number of aliphatic hydroxyl groups excluding tert-OH is 1. The average Bonchev–Trinajstić information content (AvgIpc) is 2.48. The first-order valence-corrected chi connectivity index (χ1v) is 7.27. The van der Waals surface area contributed by atoms with E-state index in [-0.39, 0.29) is 5.92 Å². The Bertz CT molecular complexity index is 628. The van der Waals surface area contributed by atoms with Crippen LogP contribution in [-0.4, -0.2) is 11.7 Å². The Hall–Kier alpha value is -1.22. The van der Waals surface area contributed by atoms with Gasteiger partial charge in [0.1, 0.15) is 5.75 Å². The summed E-state index contributed by atoms with van der Waals surface area (Å²) in [7, 11) is 0. The summed E-state index contributed by atoms with van der Waals surface area (Å²) in [6.07, 6.45) is 0.0624. The summed E-state index contributed by atoms with van der Waals surface area (Å²) < 4.78 is 5.62. The van der Waals surface area contributed by atoms with E-state index < -0.39 is 6.10 Å². The van der Waals surface area contributed by atoms with Gasteiger partial charge in [-0.15, -0.1) is 0 Å². The lowest BCUT2D eigenvalue weighted by molar-refractivity contribution is 0.117. The van der Waals surface area contributed by atoms with Crippen molar-refractivity contribution in [1.82, 2.24) is 0 Å². The smallest absolute Gasteiger partial charge is 0.122 e. The van der Waals surface area contributed by atoms with E-state index in [1.165, 1.54) is 0 Å². The zero-order valence-corrected chi connectivity index (χ0v) is 12.2. The van der Waals surface area contributed by atoms with Gasteiger partial charge in [-0.3, -0.25) is 0 Å². The van der Waals surface area contributed by atoms with Gasteiger partial charge in [0.2, 0.25) is 0 Å². The number of hydrogen-bond donors (Lipinski definition) is 1. The van der Waals surface area contributed by atoms with Gasteiger partial charge in [-0.25, -0.2) is 0 Å². The van der Waals surface area contributed by atoms with E-state index >= 15 is 0 Å². The molecule has 1 aliphatic heterocycles. The molecule has 0 saturated heterocycles. The zero-order chi connectivity index (χ0) is 14.1. The number of rotatable bonds is 2. The third-order valence-electron chi connectivity index (χ3n) is 3.66. The van der Waals surface area contributed by atoms with Crippen LogP contribution in [0, 0.1) is 0 Å². The van der Waals surface area contributed by atoms with E-state index in [0.717, 1.165) is 17.7 Å². The number of para-hydroxylation sites is 1. The lowest BCUT2D eigenvalue weighted by atomic mass is 9.85. The molecule has 0 amide bonds. The zero-order valence-electron chi connectivity index (χ0n) is 10.7. The Morgan fingerprint density at radius 1 is 1.15 bits per heavy atom. The Kier molecular flexibility index (Phi) is 3.88. The van der Waals surface area contributed by atoms with Crippen molar-refractivity contribution >= 4 is 23.2 Å². The van der Waals surface area contributed by atoms with Crippen LogP contribution in [-0.2, 0) is 0 Å². The molecule has 0 aliphatic carbocycles. The van der Waals surface area contributed by atoms with Gasteiger partial charge < -0.3 is 9.84 Å². The van der Waals surface area contributed by atoms with Gasteiger partial charge >= 0.3 is 0 Å². The molecule has 4 heteroatoms. The molecule has 1 heterocycles. The molecule has 0 radical (unpaired) electrons. The van der Waals surface area contributed by atoms with Crippen LogP contribution < -0.4 is 4.74 Å². The van der Waals surface area contributed by atoms with E-state index in [0.29, 0.717) is 22.2 Å². The third kappa shape index (κ3) is 2.51. The number of fused-ring (bicyclic) bond motifs is 1. The van der Waals surface area contributed by atoms with E-state index in [4.69, 9.17) is 27.9 Å². The highest BCUT2D eigenvalue weighted by molar-refractivity contribution is 6.33. The first-order valence-electron chi connectivity index (χ1n) is 6.51. The lowest BCUT2D eigenvalue weighted by Crippen LogP contribution is -2.20. The molecule has 0 bridgehead atoms. The summed E-state index contributed by atoms with van der Waals surface area (Å²) in [6.45, 7) is 0.594. The number of aliphatic hydroxyl groups is 1. The summed E-state index contributed by atoms with van der Waals surface area (Å²) in [5.41, 5.74) is 1.68. The third-order valence-corrected chi connectivity index (χ3v) is 4.24. The summed E-state index contributed by atoms with van der Waals surface area (Å²) >= 11 is 12.2. The topological polar surface area (TPSA) is 29.5 Å². The van der Waals surface area contributed by atoms with Crippen LogP contribution in [0.2, 0.25) is 10.0 Å². The minimum absolute atomic E-state index is 0.0316. The second-order valence-electron chi connectivity index (χ2n) is 4.89. The summed E-state index contributed by atoms with van der Waals surface area (Å²) in [4.78, 5) is 0. The quantitative estimate of drug-likeness (QED) is 0.879. The fraction of sp³-hybridized carbons (Fsp3) is 0.250. The van der Waals surface area contributed by atoms with Crippen molar-refractivity contribution in [3.05, 3.63) is 63.6 Å². The average molecular weight is 309 g/mol. The summed E-state index contributed by atoms with van der Waals surface area (Å²) in [6, 6.07) is 13.0. The van der Waals surface area contributed by atoms with Crippen LogP contribution >= 0.6 is 23.2 Å². The minimum atomic E-state index is -0.689. The van der Waals surface area contributed by atoms with Crippen molar-refractivity contribution in [1.29, 1.82) is 0 Å². The van der Waals surface area contributed by atoms with Crippen molar-refractivity contribution in [3.63, 3.8) is 0 Å². The Balaban J connectivity index is 1.99. The van der Waals surface area contributed by atoms with Gasteiger partial charge in [-0.05, 0) is 30.7 Å². The summed E-state index contributed by atoms with van der Waals surface area (Å²) in [5.74, 6) is 0.803. The van der Waals surface area contributed by atoms with Gasteiger partial charge in [-0.1, -0.05) is 41.4 Å². The molecular weight excluding hydrogens is 295 g/mol. The van der Waals surface area contributed by atoms with Crippen LogP contribution in [0.4, 0.5) is 0 Å². The van der Waals surface area contributed by atoms with E-state index in [9.17, 15) is 5.11 Å². The van der Waals surface area contributed by atoms with Crippen molar-refractivity contribution in [2.45, 2.75) is 18.4 Å². The maximum absolute atomic E-state index is 10.7. The molecule has 2 atom stereocenters. The molecule has 2 aromatic rings. The Morgan fingerprint density at radius 3 is 2.80 bits per heavy atom. The fourth-order valence-corrected chi connectivity index (χ4v) is 3.07. The van der Waals surface area contributed by atoms with Crippen LogP contribution in [0.15, 0.2) is 42.5 Å². The summed E-state index contributed by atoms with van der Waals surface area (Å²) in [5, 5.41) is 11.8. The second-order valence-corrected chi connectivity index (χ2v) is 5.74. The first-order chi connectivity index (χ1) is 9.66. The van der Waals surface area contributed by atoms with Crippen LogP contribution in [0.25, 0.3) is 0 Å². The predicted octanol–water partition coefficient (Wildman–Crippen LogP) is 4.59. The molecule has 3 rings (SSSR count). The Morgan fingerprint density at radius 2 is 1.95 bits per heavy atom. The molecule has 2 aromatic carbocycles. The van der Waals surface area contributed by atoms with E-state index in [1.807, 2.05) is 24.3 Å². The van der Waals surface area contributed by atoms with Crippen molar-refractivity contribution in [2.75, 3.05) is 6.61 Å². The van der Waals surface area contributed by atoms with E-state index in [2.05, 4.69) is 0 Å². The van der Waals surface area contributed by atoms with Gasteiger partial charge in [-0.2, -0.15) is 0 Å². The molecule has 1 N–H and O–H groups in total.